The predicted molar refractivity (Wildman–Crippen MR) is 130 cm³/mol. The van der Waals surface area contributed by atoms with Crippen LogP contribution in [0.25, 0.3) is 21.8 Å². The average Bonchev–Trinajstić information content (AvgIpc) is 3.19. The minimum absolute atomic E-state index is 0.183. The molecule has 7 nitrogen and oxygen atoms in total. The Hall–Kier alpha value is -3.55. The Labute approximate surface area is 197 Å². The van der Waals surface area contributed by atoms with Gasteiger partial charge in [-0.05, 0) is 32.1 Å². The molecule has 1 aliphatic carbocycles. The number of nitrogens with zero attached hydrogens (tertiary/aromatic N) is 4. The van der Waals surface area contributed by atoms with Crippen molar-refractivity contribution in [2.45, 2.75) is 13.0 Å². The van der Waals surface area contributed by atoms with Crippen molar-refractivity contribution in [2.75, 3.05) is 39.8 Å². The van der Waals surface area contributed by atoms with Gasteiger partial charge in [-0.15, -0.1) is 0 Å². The van der Waals surface area contributed by atoms with Crippen molar-refractivity contribution in [3.63, 3.8) is 0 Å². The summed E-state index contributed by atoms with van der Waals surface area (Å²) < 4.78 is 2.72. The molecule has 6 rings (SSSR count). The second-order valence-corrected chi connectivity index (χ2v) is 9.31. The van der Waals surface area contributed by atoms with Crippen LogP contribution in [-0.4, -0.2) is 65.7 Å². The summed E-state index contributed by atoms with van der Waals surface area (Å²) >= 11 is 0. The quantitative estimate of drug-likeness (QED) is 0.309. The van der Waals surface area contributed by atoms with Gasteiger partial charge in [0, 0.05) is 49.7 Å². The van der Waals surface area contributed by atoms with Crippen LogP contribution in [0.2, 0.25) is 0 Å². The van der Waals surface area contributed by atoms with Crippen molar-refractivity contribution in [1.82, 2.24) is 14.4 Å². The maximum atomic E-state index is 14.0. The number of pyridine rings is 1. The first-order chi connectivity index (χ1) is 16.5. The van der Waals surface area contributed by atoms with Crippen molar-refractivity contribution in [1.29, 1.82) is 0 Å². The molecule has 34 heavy (non-hydrogen) atoms. The highest BCUT2D eigenvalue weighted by Gasteiger charge is 2.38. The Morgan fingerprint density at radius 1 is 0.853 bits per heavy atom. The smallest absolute Gasteiger partial charge is 0.224 e. The number of hydrogen-bond donors (Lipinski definition) is 0. The van der Waals surface area contributed by atoms with E-state index in [2.05, 4.69) is 16.8 Å². The molecule has 2 aliphatic rings. The molecular formula is C27H26N4O3. The summed E-state index contributed by atoms with van der Waals surface area (Å²) in [6.45, 7) is 5.84. The number of carbonyl (C=O) groups excluding carboxylic acids is 2. The van der Waals surface area contributed by atoms with Gasteiger partial charge in [-0.2, -0.15) is 4.73 Å². The maximum absolute atomic E-state index is 14.0. The number of rotatable bonds is 4. The molecule has 2 aromatic heterocycles. The molecule has 0 N–H and O–H groups in total. The van der Waals surface area contributed by atoms with Gasteiger partial charge in [0.2, 0.25) is 17.1 Å². The topological polar surface area (TPSA) is 72.5 Å². The second kappa shape index (κ2) is 8.04. The third-order valence-electron chi connectivity index (χ3n) is 7.26. The molecule has 7 heteroatoms. The summed E-state index contributed by atoms with van der Waals surface area (Å²) in [7, 11) is 2.15. The summed E-state index contributed by atoms with van der Waals surface area (Å²) in [6.07, 6.45) is 2.15. The molecule has 3 heterocycles. The van der Waals surface area contributed by atoms with Crippen LogP contribution >= 0.6 is 0 Å². The predicted octanol–water partition coefficient (Wildman–Crippen LogP) is 2.84. The minimum Gasteiger partial charge on any atom is -0.618 e. The van der Waals surface area contributed by atoms with Gasteiger partial charge in [-0.3, -0.25) is 9.59 Å². The number of para-hydroxylation sites is 2. The highest BCUT2D eigenvalue weighted by molar-refractivity contribution is 6.34. The zero-order valence-electron chi connectivity index (χ0n) is 19.2. The Balaban J connectivity index is 1.44. The Morgan fingerprint density at radius 2 is 1.56 bits per heavy atom. The Kier molecular flexibility index (Phi) is 4.97. The summed E-state index contributed by atoms with van der Waals surface area (Å²) in [5.41, 5.74) is 2.67. The van der Waals surface area contributed by atoms with Crippen LogP contribution in [-0.2, 0) is 6.54 Å². The summed E-state index contributed by atoms with van der Waals surface area (Å²) in [5, 5.41) is 13.9. The molecule has 0 radical (unpaired) electrons. The van der Waals surface area contributed by atoms with Crippen LogP contribution in [0.5, 0.6) is 0 Å². The first-order valence-corrected chi connectivity index (χ1v) is 11.8. The fourth-order valence-electron chi connectivity index (χ4n) is 5.47. The molecule has 0 atom stereocenters. The van der Waals surface area contributed by atoms with Gasteiger partial charge in [0.1, 0.15) is 5.69 Å². The molecule has 0 amide bonds. The molecule has 1 fully saturated rings. The van der Waals surface area contributed by atoms with E-state index in [9.17, 15) is 14.8 Å². The monoisotopic (exact) mass is 454 g/mol. The lowest BCUT2D eigenvalue weighted by molar-refractivity contribution is -0.577. The summed E-state index contributed by atoms with van der Waals surface area (Å²) in [6, 6.07) is 14.7. The van der Waals surface area contributed by atoms with E-state index in [-0.39, 0.29) is 17.1 Å². The molecule has 172 valence electrons. The lowest BCUT2D eigenvalue weighted by Gasteiger charge is -2.32. The number of likely N-dealkylation sites (N-methyl/N-ethyl adjacent to an activating group) is 1. The number of fused-ring (bicyclic) bond motifs is 6. The molecule has 0 bridgehead atoms. The van der Waals surface area contributed by atoms with E-state index in [4.69, 9.17) is 0 Å². The van der Waals surface area contributed by atoms with Crippen molar-refractivity contribution >= 4 is 33.4 Å². The fourth-order valence-corrected chi connectivity index (χ4v) is 5.47. The van der Waals surface area contributed by atoms with Crippen molar-refractivity contribution in [3.8, 4) is 0 Å². The van der Waals surface area contributed by atoms with E-state index >= 15 is 0 Å². The van der Waals surface area contributed by atoms with E-state index in [0.29, 0.717) is 39.0 Å². The van der Waals surface area contributed by atoms with Gasteiger partial charge < -0.3 is 19.6 Å². The van der Waals surface area contributed by atoms with E-state index in [1.807, 2.05) is 28.8 Å². The first kappa shape index (κ1) is 21.0. The SMILES string of the molecule is CN1CCN(CCCn2c3c(c4ccccc42)C(=O)c2c[n+]([O-])c4ccccc4c2C3=O)CC1. The molecule has 1 aliphatic heterocycles. The highest BCUT2D eigenvalue weighted by atomic mass is 16.5. The zero-order chi connectivity index (χ0) is 23.4. The molecule has 0 saturated carbocycles. The normalized spacial score (nSPS) is 16.9. The van der Waals surface area contributed by atoms with E-state index < -0.39 is 0 Å². The molecule has 1 saturated heterocycles. The molecule has 2 aromatic carbocycles. The fraction of sp³-hybridized carbons (Fsp3) is 0.296. The first-order valence-electron chi connectivity index (χ1n) is 11.8. The van der Waals surface area contributed by atoms with Crippen molar-refractivity contribution < 1.29 is 14.3 Å². The third-order valence-corrected chi connectivity index (χ3v) is 7.26. The van der Waals surface area contributed by atoms with Gasteiger partial charge in [-0.1, -0.05) is 30.3 Å². The molecule has 4 aromatic rings. The molecule has 0 spiro atoms. The average molecular weight is 455 g/mol. The number of piperazine rings is 1. The number of aromatic nitrogens is 2. The Morgan fingerprint density at radius 3 is 2.35 bits per heavy atom. The third kappa shape index (κ3) is 3.15. The summed E-state index contributed by atoms with van der Waals surface area (Å²) in [5.74, 6) is -0.439. The number of benzene rings is 2. The molecular weight excluding hydrogens is 428 g/mol. The zero-order valence-corrected chi connectivity index (χ0v) is 19.2. The van der Waals surface area contributed by atoms with Crippen molar-refractivity contribution in [3.05, 3.63) is 82.3 Å². The number of hydrogen-bond acceptors (Lipinski definition) is 5. The van der Waals surface area contributed by atoms with E-state index in [0.717, 1.165) is 50.0 Å². The van der Waals surface area contributed by atoms with Gasteiger partial charge in [0.05, 0.1) is 22.1 Å². The largest absolute Gasteiger partial charge is 0.618 e. The van der Waals surface area contributed by atoms with Gasteiger partial charge in [0.25, 0.3) is 0 Å². The lowest BCUT2D eigenvalue weighted by atomic mass is 9.85. The maximum Gasteiger partial charge on any atom is 0.224 e. The number of ketones is 2. The number of aryl methyl sites for hydroxylation is 1. The van der Waals surface area contributed by atoms with Crippen molar-refractivity contribution in [2.24, 2.45) is 0 Å². The van der Waals surface area contributed by atoms with Crippen LogP contribution < -0.4 is 4.73 Å². The Bertz CT molecular complexity index is 1460. The van der Waals surface area contributed by atoms with Crippen LogP contribution in [0.3, 0.4) is 0 Å². The van der Waals surface area contributed by atoms with Gasteiger partial charge in [0.15, 0.2) is 6.20 Å². The van der Waals surface area contributed by atoms with Crippen LogP contribution in [0.4, 0.5) is 0 Å². The van der Waals surface area contributed by atoms with Crippen LogP contribution in [0.1, 0.15) is 38.4 Å². The number of carbonyl (C=O) groups is 2. The lowest BCUT2D eigenvalue weighted by Crippen LogP contribution is -2.44. The van der Waals surface area contributed by atoms with Crippen LogP contribution in [0.15, 0.2) is 54.7 Å². The van der Waals surface area contributed by atoms with Gasteiger partial charge in [-0.25, -0.2) is 0 Å². The van der Waals surface area contributed by atoms with E-state index in [1.54, 1.807) is 24.3 Å². The highest BCUT2D eigenvalue weighted by Crippen LogP contribution is 2.37. The van der Waals surface area contributed by atoms with E-state index in [1.165, 1.54) is 6.20 Å². The van der Waals surface area contributed by atoms with Gasteiger partial charge >= 0.3 is 0 Å². The summed E-state index contributed by atoms with van der Waals surface area (Å²) in [4.78, 5) is 32.5. The van der Waals surface area contributed by atoms with Crippen LogP contribution in [0, 0.1) is 5.21 Å². The standard InChI is InChI=1S/C27H26N4O3/c1-28-13-15-29(16-14-28)11-6-12-30-21-9-4-2-7-18(21)24-25(30)27(33)23-19-8-3-5-10-22(19)31(34)17-20(23)26(24)32/h2-5,7-10,17H,6,11-16H2,1H3. The second-order valence-electron chi connectivity index (χ2n) is 9.31. The molecule has 0 unspecified atom stereocenters. The minimum atomic E-state index is -0.256.